The summed E-state index contributed by atoms with van der Waals surface area (Å²) in [5.74, 6) is -0.0536. The molecule has 0 aliphatic carbocycles. The standard InChI is InChI=1S/C11H11FN2/c1-8(11-6-13-7-14-11)9-3-2-4-10(12)5-9/h2-8H,1H3,(H,13,14). The van der Waals surface area contributed by atoms with Gasteiger partial charge in [0.25, 0.3) is 0 Å². The van der Waals surface area contributed by atoms with Gasteiger partial charge < -0.3 is 4.98 Å². The van der Waals surface area contributed by atoms with E-state index in [4.69, 9.17) is 0 Å². The van der Waals surface area contributed by atoms with E-state index in [0.717, 1.165) is 11.3 Å². The fraction of sp³-hybridized carbons (Fsp3) is 0.182. The predicted octanol–water partition coefficient (Wildman–Crippen LogP) is 2.70. The van der Waals surface area contributed by atoms with Gasteiger partial charge in [-0.3, -0.25) is 0 Å². The van der Waals surface area contributed by atoms with Crippen molar-refractivity contribution >= 4 is 0 Å². The lowest BCUT2D eigenvalue weighted by Gasteiger charge is -2.09. The van der Waals surface area contributed by atoms with Gasteiger partial charge in [-0.25, -0.2) is 9.37 Å². The second kappa shape index (κ2) is 3.62. The van der Waals surface area contributed by atoms with Crippen molar-refractivity contribution in [3.8, 4) is 0 Å². The Morgan fingerprint density at radius 1 is 1.43 bits per heavy atom. The topological polar surface area (TPSA) is 28.7 Å². The molecule has 0 spiro atoms. The fourth-order valence-electron chi connectivity index (χ4n) is 1.46. The number of rotatable bonds is 2. The molecule has 0 aliphatic heterocycles. The van der Waals surface area contributed by atoms with Crippen molar-refractivity contribution in [2.45, 2.75) is 12.8 Å². The molecule has 0 fully saturated rings. The van der Waals surface area contributed by atoms with Crippen LogP contribution in [0, 0.1) is 5.82 Å². The number of nitrogens with one attached hydrogen (secondary N) is 1. The summed E-state index contributed by atoms with van der Waals surface area (Å²) in [5.41, 5.74) is 1.95. The van der Waals surface area contributed by atoms with Gasteiger partial charge in [0.15, 0.2) is 0 Å². The highest BCUT2D eigenvalue weighted by Crippen LogP contribution is 2.21. The summed E-state index contributed by atoms with van der Waals surface area (Å²) in [6.45, 7) is 2.02. The lowest BCUT2D eigenvalue weighted by atomic mass is 9.98. The number of nitrogens with zero attached hydrogens (tertiary/aromatic N) is 1. The predicted molar refractivity (Wildman–Crippen MR) is 52.5 cm³/mol. The van der Waals surface area contributed by atoms with Crippen LogP contribution in [0.25, 0.3) is 0 Å². The molecular formula is C11H11FN2. The molecule has 0 saturated carbocycles. The molecule has 2 nitrogen and oxygen atoms in total. The molecule has 2 rings (SSSR count). The molecular weight excluding hydrogens is 179 g/mol. The van der Waals surface area contributed by atoms with Gasteiger partial charge in [-0.05, 0) is 17.7 Å². The van der Waals surface area contributed by atoms with Crippen molar-refractivity contribution in [3.63, 3.8) is 0 Å². The summed E-state index contributed by atoms with van der Waals surface area (Å²) in [7, 11) is 0. The molecule has 72 valence electrons. The number of halogens is 1. The average molecular weight is 190 g/mol. The van der Waals surface area contributed by atoms with Gasteiger partial charge in [0, 0.05) is 17.8 Å². The molecule has 1 unspecified atom stereocenters. The van der Waals surface area contributed by atoms with E-state index in [1.165, 1.54) is 6.07 Å². The van der Waals surface area contributed by atoms with Gasteiger partial charge >= 0.3 is 0 Å². The Hall–Kier alpha value is -1.64. The lowest BCUT2D eigenvalue weighted by Crippen LogP contribution is -1.96. The molecule has 0 aliphatic rings. The van der Waals surface area contributed by atoms with Crippen LogP contribution in [0.1, 0.15) is 24.1 Å². The molecule has 1 aromatic heterocycles. The molecule has 2 aromatic rings. The molecule has 1 aromatic carbocycles. The first-order valence-corrected chi connectivity index (χ1v) is 4.51. The maximum atomic E-state index is 12.9. The van der Waals surface area contributed by atoms with E-state index >= 15 is 0 Å². The van der Waals surface area contributed by atoms with E-state index in [1.807, 2.05) is 13.0 Å². The fourth-order valence-corrected chi connectivity index (χ4v) is 1.46. The number of aromatic amines is 1. The molecule has 1 atom stereocenters. The minimum atomic E-state index is -0.200. The quantitative estimate of drug-likeness (QED) is 0.774. The van der Waals surface area contributed by atoms with E-state index in [9.17, 15) is 4.39 Å². The van der Waals surface area contributed by atoms with E-state index in [-0.39, 0.29) is 11.7 Å². The van der Waals surface area contributed by atoms with Crippen molar-refractivity contribution < 1.29 is 4.39 Å². The Balaban J connectivity index is 2.32. The second-order valence-corrected chi connectivity index (χ2v) is 3.28. The first kappa shape index (κ1) is 8.94. The van der Waals surface area contributed by atoms with Crippen LogP contribution in [-0.4, -0.2) is 9.97 Å². The van der Waals surface area contributed by atoms with Gasteiger partial charge in [0.05, 0.1) is 6.33 Å². The van der Waals surface area contributed by atoms with Gasteiger partial charge in [-0.1, -0.05) is 19.1 Å². The third-order valence-corrected chi connectivity index (χ3v) is 2.33. The van der Waals surface area contributed by atoms with Crippen molar-refractivity contribution in [2.75, 3.05) is 0 Å². The normalized spacial score (nSPS) is 12.7. The molecule has 0 bridgehead atoms. The molecule has 14 heavy (non-hydrogen) atoms. The Bertz CT molecular complexity index is 409. The minimum Gasteiger partial charge on any atom is -0.348 e. The second-order valence-electron chi connectivity index (χ2n) is 3.28. The van der Waals surface area contributed by atoms with Crippen molar-refractivity contribution in [1.82, 2.24) is 9.97 Å². The summed E-state index contributed by atoms with van der Waals surface area (Å²) in [6, 6.07) is 6.63. The van der Waals surface area contributed by atoms with E-state index in [1.54, 1.807) is 24.7 Å². The summed E-state index contributed by atoms with van der Waals surface area (Å²) < 4.78 is 12.9. The number of benzene rings is 1. The van der Waals surface area contributed by atoms with Crippen LogP contribution in [0.15, 0.2) is 36.8 Å². The van der Waals surface area contributed by atoms with Crippen molar-refractivity contribution in [3.05, 3.63) is 53.9 Å². The zero-order valence-corrected chi connectivity index (χ0v) is 7.87. The van der Waals surface area contributed by atoms with Gasteiger partial charge in [0.2, 0.25) is 0 Å². The van der Waals surface area contributed by atoms with Crippen LogP contribution < -0.4 is 0 Å². The van der Waals surface area contributed by atoms with Crippen molar-refractivity contribution in [1.29, 1.82) is 0 Å². The molecule has 0 radical (unpaired) electrons. The largest absolute Gasteiger partial charge is 0.348 e. The maximum absolute atomic E-state index is 12.9. The van der Waals surface area contributed by atoms with Crippen LogP contribution >= 0.6 is 0 Å². The smallest absolute Gasteiger partial charge is 0.123 e. The van der Waals surface area contributed by atoms with E-state index in [0.29, 0.717) is 0 Å². The third-order valence-electron chi connectivity index (χ3n) is 2.33. The van der Waals surface area contributed by atoms with Gasteiger partial charge in [-0.15, -0.1) is 0 Å². The lowest BCUT2D eigenvalue weighted by molar-refractivity contribution is 0.624. The molecule has 1 N–H and O–H groups in total. The van der Waals surface area contributed by atoms with Crippen LogP contribution in [0.2, 0.25) is 0 Å². The van der Waals surface area contributed by atoms with E-state index in [2.05, 4.69) is 9.97 Å². The minimum absolute atomic E-state index is 0.146. The molecule has 0 saturated heterocycles. The van der Waals surface area contributed by atoms with Crippen LogP contribution in [0.4, 0.5) is 4.39 Å². The summed E-state index contributed by atoms with van der Waals surface area (Å²) in [5, 5.41) is 0. The third kappa shape index (κ3) is 1.66. The van der Waals surface area contributed by atoms with Crippen LogP contribution in [-0.2, 0) is 0 Å². The summed E-state index contributed by atoms with van der Waals surface area (Å²) in [4.78, 5) is 6.96. The first-order chi connectivity index (χ1) is 6.77. The number of H-pyrrole nitrogens is 1. The Labute approximate surface area is 81.8 Å². The Morgan fingerprint density at radius 3 is 2.93 bits per heavy atom. The number of aromatic nitrogens is 2. The monoisotopic (exact) mass is 190 g/mol. The zero-order valence-electron chi connectivity index (χ0n) is 7.87. The SMILES string of the molecule is CC(c1cccc(F)c1)c1cnc[nH]1. The molecule has 0 amide bonds. The molecule has 3 heteroatoms. The Morgan fingerprint density at radius 2 is 2.29 bits per heavy atom. The van der Waals surface area contributed by atoms with Crippen LogP contribution in [0.3, 0.4) is 0 Å². The van der Waals surface area contributed by atoms with Crippen molar-refractivity contribution in [2.24, 2.45) is 0 Å². The van der Waals surface area contributed by atoms with E-state index < -0.39 is 0 Å². The Kier molecular flexibility index (Phi) is 2.31. The first-order valence-electron chi connectivity index (χ1n) is 4.51. The highest BCUT2D eigenvalue weighted by atomic mass is 19.1. The number of hydrogen-bond donors (Lipinski definition) is 1. The van der Waals surface area contributed by atoms with Crippen LogP contribution in [0.5, 0.6) is 0 Å². The average Bonchev–Trinajstić information content (AvgIpc) is 2.69. The zero-order chi connectivity index (χ0) is 9.97. The molecule has 1 heterocycles. The van der Waals surface area contributed by atoms with Gasteiger partial charge in [0.1, 0.15) is 5.82 Å². The highest BCUT2D eigenvalue weighted by Gasteiger charge is 2.09. The number of imidazole rings is 1. The number of hydrogen-bond acceptors (Lipinski definition) is 1. The maximum Gasteiger partial charge on any atom is 0.123 e. The summed E-state index contributed by atoms with van der Waals surface area (Å²) in [6.07, 6.45) is 3.39. The van der Waals surface area contributed by atoms with Gasteiger partial charge in [-0.2, -0.15) is 0 Å². The summed E-state index contributed by atoms with van der Waals surface area (Å²) >= 11 is 0. The highest BCUT2D eigenvalue weighted by molar-refractivity contribution is 5.26.